The van der Waals surface area contributed by atoms with Gasteiger partial charge in [0.05, 0.1) is 24.2 Å². The van der Waals surface area contributed by atoms with E-state index in [-0.39, 0.29) is 16.8 Å². The molecule has 0 bridgehead atoms. The van der Waals surface area contributed by atoms with Crippen molar-refractivity contribution in [2.75, 3.05) is 39.1 Å². The largest absolute Gasteiger partial charge is 0.379 e. The molecule has 0 radical (unpaired) electrons. The molecule has 2 aromatic carbocycles. The highest BCUT2D eigenvalue weighted by Crippen LogP contribution is 2.27. The van der Waals surface area contributed by atoms with Crippen LogP contribution in [0.4, 0.5) is 0 Å². The molecule has 1 amide bonds. The lowest BCUT2D eigenvalue weighted by Crippen LogP contribution is -2.44. The topological polar surface area (TPSA) is 75.7 Å². The predicted octanol–water partition coefficient (Wildman–Crippen LogP) is 2.55. The van der Waals surface area contributed by atoms with Gasteiger partial charge in [-0.1, -0.05) is 29.8 Å². The number of ether oxygens (including phenoxy) is 1. The zero-order valence-corrected chi connectivity index (χ0v) is 17.2. The minimum atomic E-state index is -3.29. The fourth-order valence-corrected chi connectivity index (χ4v) is 4.11. The van der Waals surface area contributed by atoms with Gasteiger partial charge in [-0.2, -0.15) is 0 Å². The second kappa shape index (κ2) is 9.05. The molecule has 0 spiro atoms. The van der Waals surface area contributed by atoms with Crippen LogP contribution in [-0.2, 0) is 14.6 Å². The van der Waals surface area contributed by atoms with Gasteiger partial charge in [0.1, 0.15) is 0 Å². The summed E-state index contributed by atoms with van der Waals surface area (Å²) in [5, 5.41) is 3.61. The number of amides is 1. The zero-order valence-electron chi connectivity index (χ0n) is 15.6. The van der Waals surface area contributed by atoms with Crippen molar-refractivity contribution >= 4 is 27.3 Å². The quantitative estimate of drug-likeness (QED) is 0.774. The van der Waals surface area contributed by atoms with Gasteiger partial charge >= 0.3 is 0 Å². The molecule has 1 fully saturated rings. The van der Waals surface area contributed by atoms with Crippen molar-refractivity contribution < 1.29 is 17.9 Å². The van der Waals surface area contributed by atoms with Gasteiger partial charge in [0.25, 0.3) is 5.91 Å². The summed E-state index contributed by atoms with van der Waals surface area (Å²) in [5.41, 5.74) is 1.37. The Labute approximate surface area is 170 Å². The van der Waals surface area contributed by atoms with Gasteiger partial charge < -0.3 is 10.1 Å². The first-order valence-electron chi connectivity index (χ1n) is 9.01. The zero-order chi connectivity index (χ0) is 20.1. The molecule has 0 aromatic heterocycles. The Morgan fingerprint density at radius 1 is 1.14 bits per heavy atom. The highest BCUT2D eigenvalue weighted by molar-refractivity contribution is 7.90. The molecule has 6 nitrogen and oxygen atoms in total. The van der Waals surface area contributed by atoms with Gasteiger partial charge in [0, 0.05) is 36.5 Å². The molecule has 1 unspecified atom stereocenters. The molecule has 150 valence electrons. The molecule has 0 aliphatic carbocycles. The molecule has 0 saturated carbocycles. The number of morpholine rings is 1. The van der Waals surface area contributed by atoms with Crippen LogP contribution in [0.3, 0.4) is 0 Å². The summed E-state index contributed by atoms with van der Waals surface area (Å²) in [7, 11) is -3.29. The summed E-state index contributed by atoms with van der Waals surface area (Å²) in [6.07, 6.45) is 1.14. The molecule has 1 aliphatic rings. The molecular weight excluding hydrogens is 400 g/mol. The Hall–Kier alpha value is -1.93. The number of sulfone groups is 1. The number of nitrogens with zero attached hydrogens (tertiary/aromatic N) is 1. The van der Waals surface area contributed by atoms with E-state index in [0.29, 0.717) is 30.3 Å². The third-order valence-electron chi connectivity index (χ3n) is 4.75. The third kappa shape index (κ3) is 5.11. The maximum absolute atomic E-state index is 12.6. The third-order valence-corrected chi connectivity index (χ3v) is 6.22. The van der Waals surface area contributed by atoms with E-state index in [0.717, 1.165) is 24.9 Å². The summed E-state index contributed by atoms with van der Waals surface area (Å²) < 4.78 is 28.6. The second-order valence-electron chi connectivity index (χ2n) is 6.69. The lowest BCUT2D eigenvalue weighted by molar-refractivity contribution is 0.0162. The van der Waals surface area contributed by atoms with Crippen LogP contribution in [0.5, 0.6) is 0 Å². The van der Waals surface area contributed by atoms with Crippen molar-refractivity contribution in [3.05, 3.63) is 64.7 Å². The summed E-state index contributed by atoms with van der Waals surface area (Å²) in [6.45, 7) is 3.18. The Balaban J connectivity index is 1.74. The normalized spacial score (nSPS) is 16.5. The standard InChI is InChI=1S/C20H23ClN2O4S/c1-28(25,26)16-8-6-15(7-9-16)20(24)22-14-19(23-10-12-27-13-11-23)17-4-2-3-5-18(17)21/h2-9,19H,10-14H2,1H3,(H,22,24). The fourth-order valence-electron chi connectivity index (χ4n) is 3.22. The van der Waals surface area contributed by atoms with Crippen LogP contribution in [-0.4, -0.2) is 58.3 Å². The van der Waals surface area contributed by atoms with Crippen LogP contribution in [0.1, 0.15) is 22.0 Å². The van der Waals surface area contributed by atoms with Gasteiger partial charge in [-0.25, -0.2) is 8.42 Å². The minimum Gasteiger partial charge on any atom is -0.379 e. The number of halogens is 1. The van der Waals surface area contributed by atoms with E-state index in [2.05, 4.69) is 10.2 Å². The average Bonchev–Trinajstić information content (AvgIpc) is 2.69. The summed E-state index contributed by atoms with van der Waals surface area (Å²) in [6, 6.07) is 13.5. The Morgan fingerprint density at radius 2 is 1.79 bits per heavy atom. The van der Waals surface area contributed by atoms with Gasteiger partial charge in [-0.05, 0) is 35.9 Å². The number of benzene rings is 2. The minimum absolute atomic E-state index is 0.0724. The molecule has 1 atom stereocenters. The van der Waals surface area contributed by atoms with E-state index in [9.17, 15) is 13.2 Å². The lowest BCUT2D eigenvalue weighted by atomic mass is 10.0. The summed E-state index contributed by atoms with van der Waals surface area (Å²) in [5.74, 6) is -0.259. The van der Waals surface area contributed by atoms with Gasteiger partial charge in [-0.3, -0.25) is 9.69 Å². The number of carbonyl (C=O) groups is 1. The maximum Gasteiger partial charge on any atom is 0.251 e. The highest BCUT2D eigenvalue weighted by Gasteiger charge is 2.25. The number of nitrogens with one attached hydrogen (secondary N) is 1. The molecule has 1 heterocycles. The van der Waals surface area contributed by atoms with Crippen molar-refractivity contribution in [2.24, 2.45) is 0 Å². The summed E-state index contributed by atoms with van der Waals surface area (Å²) >= 11 is 6.40. The maximum atomic E-state index is 12.6. The van der Waals surface area contributed by atoms with E-state index < -0.39 is 9.84 Å². The Morgan fingerprint density at radius 3 is 2.39 bits per heavy atom. The van der Waals surface area contributed by atoms with Crippen LogP contribution in [0.25, 0.3) is 0 Å². The van der Waals surface area contributed by atoms with Crippen molar-refractivity contribution in [1.82, 2.24) is 10.2 Å². The van der Waals surface area contributed by atoms with Gasteiger partial charge in [0.2, 0.25) is 0 Å². The molecule has 8 heteroatoms. The molecule has 1 saturated heterocycles. The van der Waals surface area contributed by atoms with Crippen molar-refractivity contribution in [3.63, 3.8) is 0 Å². The fraction of sp³-hybridized carbons (Fsp3) is 0.350. The van der Waals surface area contributed by atoms with Crippen LogP contribution in [0.15, 0.2) is 53.4 Å². The number of hydrogen-bond acceptors (Lipinski definition) is 5. The van der Waals surface area contributed by atoms with E-state index in [1.165, 1.54) is 24.3 Å². The van der Waals surface area contributed by atoms with Gasteiger partial charge in [-0.15, -0.1) is 0 Å². The van der Waals surface area contributed by atoms with E-state index in [1.807, 2.05) is 24.3 Å². The smallest absolute Gasteiger partial charge is 0.251 e. The first-order chi connectivity index (χ1) is 13.4. The molecule has 3 rings (SSSR count). The Bertz CT molecular complexity index is 925. The van der Waals surface area contributed by atoms with Crippen LogP contribution in [0, 0.1) is 0 Å². The van der Waals surface area contributed by atoms with E-state index in [4.69, 9.17) is 16.3 Å². The molecule has 2 aromatic rings. The van der Waals surface area contributed by atoms with Crippen LogP contribution in [0.2, 0.25) is 5.02 Å². The SMILES string of the molecule is CS(=O)(=O)c1ccc(C(=O)NCC(c2ccccc2Cl)N2CCOCC2)cc1. The average molecular weight is 423 g/mol. The van der Waals surface area contributed by atoms with Crippen LogP contribution >= 0.6 is 11.6 Å². The molecule has 1 aliphatic heterocycles. The second-order valence-corrected chi connectivity index (χ2v) is 9.12. The lowest BCUT2D eigenvalue weighted by Gasteiger charge is -2.35. The van der Waals surface area contributed by atoms with Crippen LogP contribution < -0.4 is 5.32 Å². The van der Waals surface area contributed by atoms with Crippen molar-refractivity contribution in [3.8, 4) is 0 Å². The first-order valence-corrected chi connectivity index (χ1v) is 11.3. The number of hydrogen-bond donors (Lipinski definition) is 1. The monoisotopic (exact) mass is 422 g/mol. The first kappa shape index (κ1) is 20.8. The molecule has 28 heavy (non-hydrogen) atoms. The van der Waals surface area contributed by atoms with E-state index >= 15 is 0 Å². The predicted molar refractivity (Wildman–Crippen MR) is 108 cm³/mol. The molecule has 1 N–H and O–H groups in total. The highest BCUT2D eigenvalue weighted by atomic mass is 35.5. The summed E-state index contributed by atoms with van der Waals surface area (Å²) in [4.78, 5) is 15.0. The number of rotatable bonds is 6. The number of carbonyl (C=O) groups excluding carboxylic acids is 1. The van der Waals surface area contributed by atoms with Crippen molar-refractivity contribution in [1.29, 1.82) is 0 Å². The molecular formula is C20H23ClN2O4S. The Kier molecular flexibility index (Phi) is 6.72. The van der Waals surface area contributed by atoms with Gasteiger partial charge in [0.15, 0.2) is 9.84 Å². The van der Waals surface area contributed by atoms with Crippen molar-refractivity contribution in [2.45, 2.75) is 10.9 Å². The van der Waals surface area contributed by atoms with E-state index in [1.54, 1.807) is 0 Å².